The average Bonchev–Trinajstić information content (AvgIpc) is 2.65. The Morgan fingerprint density at radius 3 is 2.58 bits per heavy atom. The minimum absolute atomic E-state index is 0.0199. The summed E-state index contributed by atoms with van der Waals surface area (Å²) in [6.45, 7) is 5.89. The van der Waals surface area contributed by atoms with E-state index in [1.165, 1.54) is 0 Å². The number of aryl methyl sites for hydroxylation is 1. The smallest absolute Gasteiger partial charge is 0.238 e. The Balaban J connectivity index is 1.52. The zero-order valence-electron chi connectivity index (χ0n) is 15.2. The summed E-state index contributed by atoms with van der Waals surface area (Å²) in [4.78, 5) is 16.8. The molecule has 0 radical (unpaired) electrons. The quantitative estimate of drug-likeness (QED) is 0.807. The van der Waals surface area contributed by atoms with Crippen LogP contribution < -0.4 is 15.0 Å². The second-order valence-corrected chi connectivity index (χ2v) is 7.30. The Hall–Kier alpha value is -2.05. The van der Waals surface area contributed by atoms with Gasteiger partial charge >= 0.3 is 0 Å². The first kappa shape index (κ1) is 18.7. The zero-order valence-corrected chi connectivity index (χ0v) is 16.8. The molecular formula is C20H24BrN3O2. The molecule has 0 unspecified atom stereocenters. The first-order valence-electron chi connectivity index (χ1n) is 8.73. The number of halogens is 1. The fraction of sp³-hybridized carbons (Fsp3) is 0.350. The van der Waals surface area contributed by atoms with Crippen molar-refractivity contribution in [2.75, 3.05) is 50.1 Å². The molecule has 0 aliphatic carbocycles. The molecule has 1 fully saturated rings. The van der Waals surface area contributed by atoms with Crippen LogP contribution in [0, 0.1) is 6.92 Å². The molecule has 1 heterocycles. The summed E-state index contributed by atoms with van der Waals surface area (Å²) in [5, 5.41) is 2.97. The summed E-state index contributed by atoms with van der Waals surface area (Å²) in [5.41, 5.74) is 3.08. The number of para-hydroxylation sites is 2. The van der Waals surface area contributed by atoms with Gasteiger partial charge in [-0.15, -0.1) is 0 Å². The Kier molecular flexibility index (Phi) is 6.16. The van der Waals surface area contributed by atoms with Crippen molar-refractivity contribution >= 4 is 33.2 Å². The summed E-state index contributed by atoms with van der Waals surface area (Å²) in [6.07, 6.45) is 0. The van der Waals surface area contributed by atoms with Gasteiger partial charge in [-0.25, -0.2) is 0 Å². The van der Waals surface area contributed by atoms with Crippen LogP contribution in [-0.2, 0) is 4.79 Å². The number of piperazine rings is 1. The molecular weight excluding hydrogens is 394 g/mol. The van der Waals surface area contributed by atoms with E-state index in [4.69, 9.17) is 4.74 Å². The molecule has 5 nitrogen and oxygen atoms in total. The molecule has 1 saturated heterocycles. The SMILES string of the molecule is COc1ccccc1N1CCN(CC(=O)Nc2ccc(C)c(Br)c2)CC1. The van der Waals surface area contributed by atoms with Crippen molar-refractivity contribution in [2.24, 2.45) is 0 Å². The van der Waals surface area contributed by atoms with Crippen molar-refractivity contribution < 1.29 is 9.53 Å². The predicted molar refractivity (Wildman–Crippen MR) is 109 cm³/mol. The van der Waals surface area contributed by atoms with Gasteiger partial charge in [0.25, 0.3) is 0 Å². The molecule has 2 aromatic rings. The third kappa shape index (κ3) is 4.56. The van der Waals surface area contributed by atoms with Gasteiger partial charge in [0.15, 0.2) is 0 Å². The Morgan fingerprint density at radius 1 is 1.15 bits per heavy atom. The van der Waals surface area contributed by atoms with Crippen molar-refractivity contribution in [3.8, 4) is 5.75 Å². The van der Waals surface area contributed by atoms with Gasteiger partial charge in [-0.05, 0) is 36.8 Å². The fourth-order valence-electron chi connectivity index (χ4n) is 3.11. The van der Waals surface area contributed by atoms with E-state index in [2.05, 4.69) is 37.1 Å². The number of nitrogens with zero attached hydrogens (tertiary/aromatic N) is 2. The van der Waals surface area contributed by atoms with Gasteiger partial charge in [0.2, 0.25) is 5.91 Å². The molecule has 138 valence electrons. The zero-order chi connectivity index (χ0) is 18.5. The molecule has 6 heteroatoms. The van der Waals surface area contributed by atoms with E-state index in [0.29, 0.717) is 6.54 Å². The third-order valence-electron chi connectivity index (χ3n) is 4.62. The lowest BCUT2D eigenvalue weighted by atomic mass is 10.2. The van der Waals surface area contributed by atoms with Crippen molar-refractivity contribution in [1.29, 1.82) is 0 Å². The largest absolute Gasteiger partial charge is 0.495 e. The van der Waals surface area contributed by atoms with Crippen LogP contribution >= 0.6 is 15.9 Å². The number of nitrogens with one attached hydrogen (secondary N) is 1. The number of amides is 1. The maximum Gasteiger partial charge on any atom is 0.238 e. The van der Waals surface area contributed by atoms with Gasteiger partial charge in [0.1, 0.15) is 5.75 Å². The predicted octanol–water partition coefficient (Wildman–Crippen LogP) is 3.53. The van der Waals surface area contributed by atoms with Gasteiger partial charge in [-0.2, -0.15) is 0 Å². The van der Waals surface area contributed by atoms with E-state index < -0.39 is 0 Å². The molecule has 0 atom stereocenters. The van der Waals surface area contributed by atoms with Crippen LogP contribution in [0.15, 0.2) is 46.9 Å². The highest BCUT2D eigenvalue weighted by molar-refractivity contribution is 9.10. The first-order valence-corrected chi connectivity index (χ1v) is 9.52. The number of carbonyl (C=O) groups is 1. The first-order chi connectivity index (χ1) is 12.6. The standard InChI is InChI=1S/C20H24BrN3O2/c1-15-7-8-16(13-17(15)21)22-20(25)14-23-9-11-24(12-10-23)18-5-3-4-6-19(18)26-2/h3-8,13H,9-12,14H2,1-2H3,(H,22,25). The highest BCUT2D eigenvalue weighted by atomic mass is 79.9. The fourth-order valence-corrected chi connectivity index (χ4v) is 3.49. The minimum Gasteiger partial charge on any atom is -0.495 e. The van der Waals surface area contributed by atoms with Crippen LogP contribution in [0.5, 0.6) is 5.75 Å². The van der Waals surface area contributed by atoms with Gasteiger partial charge < -0.3 is 15.0 Å². The van der Waals surface area contributed by atoms with Crippen molar-refractivity contribution in [2.45, 2.75) is 6.92 Å². The lowest BCUT2D eigenvalue weighted by Gasteiger charge is -2.36. The summed E-state index contributed by atoms with van der Waals surface area (Å²) in [5.74, 6) is 0.912. The minimum atomic E-state index is 0.0199. The molecule has 3 rings (SSSR count). The summed E-state index contributed by atoms with van der Waals surface area (Å²) in [7, 11) is 1.70. The average molecular weight is 418 g/mol. The van der Waals surface area contributed by atoms with Crippen molar-refractivity contribution in [1.82, 2.24) is 4.90 Å². The molecule has 1 amide bonds. The number of anilines is 2. The molecule has 1 aliphatic heterocycles. The molecule has 1 N–H and O–H groups in total. The highest BCUT2D eigenvalue weighted by Gasteiger charge is 2.21. The molecule has 0 spiro atoms. The van der Waals surface area contributed by atoms with Gasteiger partial charge in [0, 0.05) is 36.3 Å². The summed E-state index contributed by atoms with van der Waals surface area (Å²) in [6, 6.07) is 13.9. The van der Waals surface area contributed by atoms with E-state index in [1.807, 2.05) is 43.3 Å². The van der Waals surface area contributed by atoms with E-state index in [9.17, 15) is 4.79 Å². The van der Waals surface area contributed by atoms with E-state index >= 15 is 0 Å². The van der Waals surface area contributed by atoms with E-state index in [0.717, 1.165) is 53.3 Å². The van der Waals surface area contributed by atoms with Crippen LogP contribution in [0.2, 0.25) is 0 Å². The Labute approximate surface area is 163 Å². The summed E-state index contributed by atoms with van der Waals surface area (Å²) >= 11 is 3.50. The third-order valence-corrected chi connectivity index (χ3v) is 5.48. The second-order valence-electron chi connectivity index (χ2n) is 6.45. The molecule has 0 bridgehead atoms. The van der Waals surface area contributed by atoms with E-state index in [-0.39, 0.29) is 5.91 Å². The van der Waals surface area contributed by atoms with Crippen LogP contribution in [0.4, 0.5) is 11.4 Å². The van der Waals surface area contributed by atoms with Crippen LogP contribution in [-0.4, -0.2) is 50.6 Å². The van der Waals surface area contributed by atoms with Gasteiger partial charge in [-0.3, -0.25) is 9.69 Å². The molecule has 0 saturated carbocycles. The maximum absolute atomic E-state index is 12.3. The monoisotopic (exact) mass is 417 g/mol. The lowest BCUT2D eigenvalue weighted by Crippen LogP contribution is -2.48. The normalized spacial score (nSPS) is 15.0. The molecule has 26 heavy (non-hydrogen) atoms. The Morgan fingerprint density at radius 2 is 1.88 bits per heavy atom. The van der Waals surface area contributed by atoms with E-state index in [1.54, 1.807) is 7.11 Å². The number of hydrogen-bond donors (Lipinski definition) is 1. The maximum atomic E-state index is 12.3. The number of ether oxygens (including phenoxy) is 1. The molecule has 0 aromatic heterocycles. The number of benzene rings is 2. The highest BCUT2D eigenvalue weighted by Crippen LogP contribution is 2.28. The lowest BCUT2D eigenvalue weighted by molar-refractivity contribution is -0.117. The number of carbonyl (C=O) groups excluding carboxylic acids is 1. The number of methoxy groups -OCH3 is 1. The second kappa shape index (κ2) is 8.56. The molecule has 2 aromatic carbocycles. The van der Waals surface area contributed by atoms with Crippen molar-refractivity contribution in [3.63, 3.8) is 0 Å². The number of hydrogen-bond acceptors (Lipinski definition) is 4. The van der Waals surface area contributed by atoms with Crippen LogP contribution in [0.1, 0.15) is 5.56 Å². The van der Waals surface area contributed by atoms with Crippen LogP contribution in [0.25, 0.3) is 0 Å². The van der Waals surface area contributed by atoms with Gasteiger partial charge in [-0.1, -0.05) is 34.1 Å². The van der Waals surface area contributed by atoms with Crippen LogP contribution in [0.3, 0.4) is 0 Å². The Bertz CT molecular complexity index is 773. The van der Waals surface area contributed by atoms with Crippen molar-refractivity contribution in [3.05, 3.63) is 52.5 Å². The molecule has 1 aliphatic rings. The topological polar surface area (TPSA) is 44.8 Å². The summed E-state index contributed by atoms with van der Waals surface area (Å²) < 4.78 is 6.45. The number of rotatable bonds is 5. The van der Waals surface area contributed by atoms with Gasteiger partial charge in [0.05, 0.1) is 19.3 Å².